The Kier molecular flexibility index (Phi) is 8.25. The molecule has 1 rings (SSSR count). The number of rotatable bonds is 2. The first-order valence-electron chi connectivity index (χ1n) is 3.40. The molecule has 0 aromatic rings. The number of aliphatic hydroxyl groups is 4. The maximum atomic E-state index is 10.5. The largest absolute Gasteiger partial charge is 0.505 e. The molecule has 1 heterocycles. The summed E-state index contributed by atoms with van der Waals surface area (Å²) >= 11 is 0. The van der Waals surface area contributed by atoms with E-state index in [9.17, 15) is 4.79 Å². The second-order valence-electron chi connectivity index (χ2n) is 2.31. The SMILES string of the molecule is O=C1O[C@H]([C@@H](O)CO)C(O)=C1O.OO.[Fe]. The molecule has 9 heteroatoms. The molecule has 2 atom stereocenters. The normalized spacial score (nSPS) is 21.1. The van der Waals surface area contributed by atoms with Crippen LogP contribution in [0.1, 0.15) is 0 Å². The Hall–Kier alpha value is -0.831. The number of ether oxygens (including phenoxy) is 1. The number of hydrogen-bond acceptors (Lipinski definition) is 8. The Morgan fingerprint density at radius 3 is 2.07 bits per heavy atom. The van der Waals surface area contributed by atoms with Gasteiger partial charge in [0.1, 0.15) is 6.10 Å². The Labute approximate surface area is 94.4 Å². The zero-order valence-corrected chi connectivity index (χ0v) is 8.32. The molecule has 1 aliphatic rings. The minimum atomic E-state index is -1.42. The van der Waals surface area contributed by atoms with Gasteiger partial charge < -0.3 is 25.2 Å². The van der Waals surface area contributed by atoms with Crippen molar-refractivity contribution in [3.63, 3.8) is 0 Å². The van der Waals surface area contributed by atoms with E-state index in [1.165, 1.54) is 0 Å². The van der Waals surface area contributed by atoms with Gasteiger partial charge in [0.25, 0.3) is 0 Å². The van der Waals surface area contributed by atoms with E-state index in [4.69, 9.17) is 30.9 Å². The predicted molar refractivity (Wildman–Crippen MR) is 40.5 cm³/mol. The third-order valence-corrected chi connectivity index (χ3v) is 1.48. The quantitative estimate of drug-likeness (QED) is 0.155. The number of cyclic esters (lactones) is 1. The van der Waals surface area contributed by atoms with Gasteiger partial charge in [0.15, 0.2) is 11.9 Å². The van der Waals surface area contributed by atoms with Gasteiger partial charge >= 0.3 is 5.97 Å². The molecule has 0 unspecified atom stereocenters. The van der Waals surface area contributed by atoms with Crippen molar-refractivity contribution >= 4 is 5.97 Å². The van der Waals surface area contributed by atoms with E-state index in [-0.39, 0.29) is 17.1 Å². The van der Waals surface area contributed by atoms with Crippen molar-refractivity contribution in [1.82, 2.24) is 0 Å². The van der Waals surface area contributed by atoms with Gasteiger partial charge in [0.2, 0.25) is 5.76 Å². The predicted octanol–water partition coefficient (Wildman–Crippen LogP) is -1.39. The van der Waals surface area contributed by atoms with Gasteiger partial charge in [-0.15, -0.1) is 0 Å². The molecule has 0 saturated carbocycles. The molecule has 0 bridgehead atoms. The van der Waals surface area contributed by atoms with Gasteiger partial charge in [0, 0.05) is 17.1 Å². The van der Waals surface area contributed by atoms with Gasteiger partial charge in [-0.25, -0.2) is 4.79 Å². The van der Waals surface area contributed by atoms with Crippen molar-refractivity contribution in [2.24, 2.45) is 0 Å². The Bertz CT molecular complexity index is 239. The smallest absolute Gasteiger partial charge is 0.377 e. The summed E-state index contributed by atoms with van der Waals surface area (Å²) in [6.07, 6.45) is -2.78. The van der Waals surface area contributed by atoms with Crippen LogP contribution in [0.25, 0.3) is 0 Å². The van der Waals surface area contributed by atoms with Crippen molar-refractivity contribution < 1.29 is 57.5 Å². The van der Waals surface area contributed by atoms with Crippen LogP contribution in [0, 0.1) is 0 Å². The van der Waals surface area contributed by atoms with Crippen molar-refractivity contribution in [3.05, 3.63) is 11.5 Å². The summed E-state index contributed by atoms with van der Waals surface area (Å²) in [6, 6.07) is 0. The van der Waals surface area contributed by atoms with Crippen molar-refractivity contribution in [2.45, 2.75) is 12.2 Å². The van der Waals surface area contributed by atoms with Gasteiger partial charge in [-0.2, -0.15) is 0 Å². The van der Waals surface area contributed by atoms with Crippen LogP contribution in [0.5, 0.6) is 0 Å². The van der Waals surface area contributed by atoms with Crippen LogP contribution in [0.2, 0.25) is 0 Å². The fraction of sp³-hybridized carbons (Fsp3) is 0.500. The summed E-state index contributed by atoms with van der Waals surface area (Å²) in [5.74, 6) is -2.78. The van der Waals surface area contributed by atoms with E-state index in [0.29, 0.717) is 0 Å². The maximum absolute atomic E-state index is 10.5. The number of esters is 1. The van der Waals surface area contributed by atoms with Crippen LogP contribution in [0.4, 0.5) is 0 Å². The minimum Gasteiger partial charge on any atom is -0.505 e. The van der Waals surface area contributed by atoms with E-state index >= 15 is 0 Å². The third kappa shape index (κ3) is 3.67. The van der Waals surface area contributed by atoms with E-state index in [0.717, 1.165) is 0 Å². The first-order chi connectivity index (χ1) is 6.57. The Morgan fingerprint density at radius 1 is 1.33 bits per heavy atom. The molecule has 0 aliphatic carbocycles. The van der Waals surface area contributed by atoms with Crippen LogP contribution >= 0.6 is 0 Å². The molecule has 1 aliphatic heterocycles. The molecule has 0 spiro atoms. The van der Waals surface area contributed by atoms with Crippen LogP contribution < -0.4 is 0 Å². The van der Waals surface area contributed by atoms with Crippen molar-refractivity contribution in [2.75, 3.05) is 6.61 Å². The van der Waals surface area contributed by atoms with E-state index in [2.05, 4.69) is 4.74 Å². The van der Waals surface area contributed by atoms with Crippen LogP contribution in [-0.2, 0) is 26.6 Å². The molecule has 0 fully saturated rings. The summed E-state index contributed by atoms with van der Waals surface area (Å²) in [5, 5.41) is 47.0. The zero-order chi connectivity index (χ0) is 11.3. The zero-order valence-electron chi connectivity index (χ0n) is 7.22. The summed E-state index contributed by atoms with van der Waals surface area (Å²) < 4.78 is 4.32. The summed E-state index contributed by atoms with van der Waals surface area (Å²) in [6.45, 7) is -0.671. The monoisotopic (exact) mass is 266 g/mol. The third-order valence-electron chi connectivity index (χ3n) is 1.48. The second-order valence-corrected chi connectivity index (χ2v) is 2.31. The number of aliphatic hydroxyl groups excluding tert-OH is 4. The molecular formula is C6H10FeO8. The van der Waals surface area contributed by atoms with Gasteiger partial charge in [0.05, 0.1) is 6.61 Å². The molecule has 0 radical (unpaired) electrons. The van der Waals surface area contributed by atoms with Crippen LogP contribution in [-0.4, -0.2) is 55.7 Å². The topological polar surface area (TPSA) is 148 Å². The number of hydrogen-bond donors (Lipinski definition) is 6. The standard InChI is InChI=1S/C6H8O6.Fe.H2O2/c7-1-2(8)5-3(9)4(10)6(11)12-5;;1-2/h2,5,7-10H,1H2;;1-2H/t2-,5+;;/m0../s1. The van der Waals surface area contributed by atoms with E-state index in [1.807, 2.05) is 0 Å². The molecule has 0 aromatic carbocycles. The minimum absolute atomic E-state index is 0. The second kappa shape index (κ2) is 7.46. The van der Waals surface area contributed by atoms with Gasteiger partial charge in [-0.1, -0.05) is 0 Å². The number of carbonyl (C=O) groups excluding carboxylic acids is 1. The average molecular weight is 266 g/mol. The Balaban J connectivity index is 0. The number of carbonyl (C=O) groups is 1. The maximum Gasteiger partial charge on any atom is 0.377 e. The average Bonchev–Trinajstić information content (AvgIpc) is 2.48. The van der Waals surface area contributed by atoms with Crippen LogP contribution in [0.3, 0.4) is 0 Å². The first-order valence-corrected chi connectivity index (χ1v) is 3.40. The first kappa shape index (κ1) is 16.6. The van der Waals surface area contributed by atoms with E-state index < -0.39 is 36.3 Å². The van der Waals surface area contributed by atoms with Crippen molar-refractivity contribution in [3.8, 4) is 0 Å². The molecule has 0 saturated heterocycles. The fourth-order valence-electron chi connectivity index (χ4n) is 0.823. The molecule has 6 N–H and O–H groups in total. The molecule has 8 nitrogen and oxygen atoms in total. The molecular weight excluding hydrogens is 256 g/mol. The van der Waals surface area contributed by atoms with Crippen LogP contribution in [0.15, 0.2) is 11.5 Å². The molecule has 15 heavy (non-hydrogen) atoms. The van der Waals surface area contributed by atoms with E-state index in [1.54, 1.807) is 0 Å². The summed E-state index contributed by atoms with van der Waals surface area (Å²) in [5.41, 5.74) is 0. The summed E-state index contributed by atoms with van der Waals surface area (Å²) in [4.78, 5) is 10.5. The Morgan fingerprint density at radius 2 is 1.80 bits per heavy atom. The molecule has 0 aromatic heterocycles. The fourth-order valence-corrected chi connectivity index (χ4v) is 0.823. The van der Waals surface area contributed by atoms with Gasteiger partial charge in [-0.05, 0) is 0 Å². The molecule has 90 valence electrons. The van der Waals surface area contributed by atoms with Crippen molar-refractivity contribution in [1.29, 1.82) is 0 Å². The van der Waals surface area contributed by atoms with Gasteiger partial charge in [-0.3, -0.25) is 10.5 Å². The molecule has 0 amide bonds. The summed E-state index contributed by atoms with van der Waals surface area (Å²) in [7, 11) is 0.